The Hall–Kier alpha value is -4.31. The van der Waals surface area contributed by atoms with Crippen LogP contribution in [-0.4, -0.2) is 135 Å². The van der Waals surface area contributed by atoms with Crippen LogP contribution < -0.4 is 5.32 Å². The average Bonchev–Trinajstić information content (AvgIpc) is 1.62. The Morgan fingerprint density at radius 1 is 0.744 bits per heavy atom. The van der Waals surface area contributed by atoms with Crippen molar-refractivity contribution in [1.82, 2.24) is 20.2 Å². The molecule has 21 heteroatoms. The minimum Gasteiger partial charge on any atom is -0.458 e. The molecule has 14 nitrogen and oxygen atoms in total. The van der Waals surface area contributed by atoms with E-state index in [0.717, 1.165) is 10.9 Å². The number of halogens is 7. The summed E-state index contributed by atoms with van der Waals surface area (Å²) in [5.74, 6) is -4.99. The fraction of sp³-hybridized carbons (Fsp3) is 0.631. The molecule has 2 aromatic heterocycles. The minimum atomic E-state index is -2.20. The fourth-order valence-electron chi connectivity index (χ4n) is 18.5. The van der Waals surface area contributed by atoms with Crippen LogP contribution >= 0.6 is 45.3 Å². The van der Waals surface area contributed by atoms with E-state index in [9.17, 15) is 39.0 Å². The van der Waals surface area contributed by atoms with Crippen molar-refractivity contribution < 1.29 is 67.4 Å². The number of ketones is 4. The van der Waals surface area contributed by atoms with Crippen molar-refractivity contribution >= 4 is 80.4 Å². The van der Waals surface area contributed by atoms with Gasteiger partial charge in [0.25, 0.3) is 0 Å². The van der Waals surface area contributed by atoms with Gasteiger partial charge in [0.15, 0.2) is 47.7 Å². The van der Waals surface area contributed by atoms with Gasteiger partial charge in [-0.25, -0.2) is 17.6 Å². The number of carbonyl (C=O) groups is 6. The molecule has 12 rings (SSSR count). The average molecular weight is 1350 g/mol. The minimum absolute atomic E-state index is 0. The van der Waals surface area contributed by atoms with Gasteiger partial charge in [0, 0.05) is 94.2 Å². The first-order chi connectivity index (χ1) is 39.6. The lowest BCUT2D eigenvalue weighted by Gasteiger charge is -2.63. The number of ether oxygens (including phenoxy) is 2. The number of allylic oxidation sites excluding steroid dienone is 8. The molecule has 2 aliphatic heterocycles. The third kappa shape index (κ3) is 10.8. The zero-order valence-electron chi connectivity index (χ0n) is 50.2. The van der Waals surface area contributed by atoms with Gasteiger partial charge in [0.2, 0.25) is 0 Å². The first-order valence-corrected chi connectivity index (χ1v) is 30.1. The number of carbonyl (C=O) groups excluding carboxylic acids is 6. The van der Waals surface area contributed by atoms with E-state index in [-0.39, 0.29) is 127 Å². The molecule has 4 heterocycles. The van der Waals surface area contributed by atoms with E-state index in [1.807, 2.05) is 44.3 Å². The maximum absolute atomic E-state index is 17.6. The molecule has 3 N–H and O–H groups in total. The molecule has 0 amide bonds. The zero-order chi connectivity index (χ0) is 61.2. The summed E-state index contributed by atoms with van der Waals surface area (Å²) >= 11 is 3.32. The number of fused-ring (bicyclic) bond motifs is 14. The predicted octanol–water partition coefficient (Wildman–Crippen LogP) is 10.5. The van der Waals surface area contributed by atoms with Crippen molar-refractivity contribution in [2.75, 3.05) is 39.4 Å². The summed E-state index contributed by atoms with van der Waals surface area (Å²) < 4.78 is 82.5. The number of likely N-dealkylation sites (tertiary alicyclic amines) is 1. The lowest BCUT2D eigenvalue weighted by atomic mass is 9.43. The molecule has 8 aliphatic carbocycles. The van der Waals surface area contributed by atoms with Gasteiger partial charge in [-0.1, -0.05) is 75.3 Å². The highest BCUT2D eigenvalue weighted by molar-refractivity contribution is 9.08. The van der Waals surface area contributed by atoms with E-state index in [1.165, 1.54) is 55.9 Å². The highest BCUT2D eigenvalue weighted by atomic mass is 79.9. The summed E-state index contributed by atoms with van der Waals surface area (Å²) in [6, 6.07) is 7.79. The summed E-state index contributed by atoms with van der Waals surface area (Å²) in [4.78, 5) is 85.1. The van der Waals surface area contributed by atoms with E-state index in [2.05, 4.69) is 36.1 Å². The Bertz CT molecular complexity index is 3050. The molecule has 8 fully saturated rings. The van der Waals surface area contributed by atoms with Crippen molar-refractivity contribution in [3.63, 3.8) is 0 Å². The first kappa shape index (κ1) is 69.2. The third-order valence-electron chi connectivity index (χ3n) is 22.1. The van der Waals surface area contributed by atoms with Gasteiger partial charge in [-0.05, 0) is 152 Å². The maximum Gasteiger partial charge on any atom is 0.303 e. The lowest BCUT2D eigenvalue weighted by molar-refractivity contribution is -0.212. The number of aromatic nitrogens is 2. The molecule has 2 saturated heterocycles. The molecule has 6 saturated carbocycles. The highest BCUT2D eigenvalue weighted by Crippen LogP contribution is 2.76. The second-order valence-corrected chi connectivity index (χ2v) is 26.2. The van der Waals surface area contributed by atoms with E-state index in [0.29, 0.717) is 52.5 Å². The van der Waals surface area contributed by atoms with Crippen LogP contribution in [0.2, 0.25) is 0 Å². The van der Waals surface area contributed by atoms with Gasteiger partial charge >= 0.3 is 11.9 Å². The van der Waals surface area contributed by atoms with Crippen LogP contribution in [0.15, 0.2) is 96.7 Å². The fourth-order valence-corrected chi connectivity index (χ4v) is 18.8. The molecule has 2 aromatic rings. The number of aliphatic hydroxyl groups is 2. The quantitative estimate of drug-likeness (QED) is 0.122. The molecular weight excluding hydrogens is 1270 g/mol. The van der Waals surface area contributed by atoms with E-state index in [1.54, 1.807) is 39.4 Å². The molecular formula is C65H85Br2ClF4N4O10. The predicted molar refractivity (Wildman–Crippen MR) is 328 cm³/mol. The van der Waals surface area contributed by atoms with Crippen molar-refractivity contribution in [3.05, 3.63) is 108 Å². The number of hydrogen-bond acceptors (Lipinski definition) is 14. The van der Waals surface area contributed by atoms with Gasteiger partial charge in [-0.2, -0.15) is 0 Å². The van der Waals surface area contributed by atoms with E-state index < -0.39 is 98.8 Å². The van der Waals surface area contributed by atoms with Crippen LogP contribution in [0.5, 0.6) is 0 Å². The van der Waals surface area contributed by atoms with Gasteiger partial charge in [-0.3, -0.25) is 43.6 Å². The Morgan fingerprint density at radius 2 is 1.19 bits per heavy atom. The Balaban J connectivity index is 0.000000232. The van der Waals surface area contributed by atoms with Crippen molar-refractivity contribution in [1.29, 1.82) is 0 Å². The Kier molecular flexibility index (Phi) is 21.1. The molecule has 86 heavy (non-hydrogen) atoms. The second kappa shape index (κ2) is 26.3. The van der Waals surface area contributed by atoms with Crippen LogP contribution in [0.4, 0.5) is 17.6 Å². The molecule has 10 aliphatic rings. The molecule has 0 spiro atoms. The standard InChI is InChI=1S/C31H36F2N2O5.C25H31F2NO5.C6H6BrN.C2H6.CH4.BrH.ClH/c1-18(36)40-16-27(39)30-17-35(14-19-5-4-8-34-13-19)15-20(30)9-22-23-11-25(32)24-10-21(37)6-7-28(24,2)31(23,33)26(38)12-29(22,30)3;1-13(29)33-11-21(32)24-12-28-10-14(24)6-16-17-8-19(26)18-7-15(30)4-5-22(18,2)25(17,27)20(31)9-23(16,24)3;7-4-6-2-1-3-8-5-6;1-2;;;/h4-8,10,13,20,22-23,25-26,38H,9,11-12,14-17H2,1-3H3;4-5,7,14,16-17,19-20,28,31H,6,8-12H2,1-3H3;1-3,5H,4H2;1-2H3;1H4;2*1H/t20-,22-,23-,25-,26-,28-,29-,30+,31-;14-,16-,17-,19-,20-,22-,23-,24+,25-;;;;;/m00...../s1/i;;;1D;;;. The lowest BCUT2D eigenvalue weighted by Crippen LogP contribution is -2.69. The normalized spacial score (nSPS) is 40.7. The summed E-state index contributed by atoms with van der Waals surface area (Å²) in [7, 11) is 0. The van der Waals surface area contributed by atoms with Gasteiger partial charge in [-0.15, -0.1) is 29.4 Å². The summed E-state index contributed by atoms with van der Waals surface area (Å²) in [6.45, 7) is 13.5. The van der Waals surface area contributed by atoms with E-state index in [4.69, 9.17) is 10.8 Å². The molecule has 18 atom stereocenters. The van der Waals surface area contributed by atoms with Crippen molar-refractivity contribution in [3.8, 4) is 0 Å². The highest BCUT2D eigenvalue weighted by Gasteiger charge is 2.80. The van der Waals surface area contributed by atoms with Crippen molar-refractivity contribution in [2.24, 2.45) is 68.0 Å². The molecule has 474 valence electrons. The molecule has 0 bridgehead atoms. The maximum atomic E-state index is 17.6. The van der Waals surface area contributed by atoms with E-state index >= 15 is 17.6 Å². The van der Waals surface area contributed by atoms with Gasteiger partial charge in [0.1, 0.15) is 12.3 Å². The zero-order valence-corrected chi connectivity index (χ0v) is 53.3. The number of hydrogen-bond donors (Lipinski definition) is 3. The summed E-state index contributed by atoms with van der Waals surface area (Å²) in [5, 5.41) is 27.3. The van der Waals surface area contributed by atoms with Crippen LogP contribution in [0.25, 0.3) is 0 Å². The number of pyridine rings is 2. The largest absolute Gasteiger partial charge is 0.458 e. The first-order valence-electron chi connectivity index (χ1n) is 29.7. The number of rotatable bonds is 9. The Morgan fingerprint density at radius 3 is 1.62 bits per heavy atom. The SMILES string of the molecule is Br.BrCc1cccnc1.C.CC(=O)OCC(=O)[C@@]12CN(Cc3cccnc3)C[C@@H]1C[C@H]1[C@@H]3C[C@H](F)C4=CC(=O)C=C[C@]4(C)[C@@]3(F)[C@@H](O)C[C@@]12C.CC(=O)OCC(=O)[C@@]12CNC[C@@H]1C[C@H]1[C@@H]3C[C@H](F)C4=CC(=O)C=C[C@]4(C)[C@@]3(F)[C@@H](O)C[C@@]12C.Cl.[2H]CC. The topological polar surface area (TPSA) is 202 Å². The summed E-state index contributed by atoms with van der Waals surface area (Å²) in [5.41, 5.74) is -8.43. The number of nitrogens with zero attached hydrogens (tertiary/aromatic N) is 3. The van der Waals surface area contributed by atoms with Crippen LogP contribution in [0.1, 0.15) is 114 Å². The number of nitrogens with one attached hydrogen (secondary N) is 1. The Labute approximate surface area is 529 Å². The molecule has 0 aromatic carbocycles. The number of aliphatic hydroxyl groups excluding tert-OH is 2. The van der Waals surface area contributed by atoms with Crippen LogP contribution in [0, 0.1) is 68.0 Å². The molecule has 0 unspecified atom stereocenters. The second-order valence-electron chi connectivity index (χ2n) is 25.6. The van der Waals surface area contributed by atoms with Gasteiger partial charge in [0.05, 0.1) is 23.0 Å². The number of alkyl halides is 5. The molecule has 0 radical (unpaired) electrons. The monoisotopic (exact) mass is 1350 g/mol. The van der Waals surface area contributed by atoms with Crippen LogP contribution in [-0.2, 0) is 50.1 Å². The van der Waals surface area contributed by atoms with Crippen molar-refractivity contribution in [2.45, 2.75) is 149 Å². The number of Topliss-reactive ketones (excluding diaryl/α,β-unsaturated/α-hetero) is 2. The number of esters is 2. The van der Waals surface area contributed by atoms with Crippen LogP contribution in [0.3, 0.4) is 0 Å². The third-order valence-corrected chi connectivity index (χ3v) is 22.8. The smallest absolute Gasteiger partial charge is 0.303 e. The summed E-state index contributed by atoms with van der Waals surface area (Å²) in [6.07, 6.45) is 9.68. The van der Waals surface area contributed by atoms with Gasteiger partial charge < -0.3 is 25.0 Å².